The Morgan fingerprint density at radius 2 is 1.81 bits per heavy atom. The predicted molar refractivity (Wildman–Crippen MR) is 88.4 cm³/mol. The first-order valence-corrected chi connectivity index (χ1v) is 9.17. The SMILES string of the molecule is CCNCc1scc(C)c1S(=O)(=O)Nc1ccc(C)cc1. The van der Waals surface area contributed by atoms with Crippen molar-refractivity contribution >= 4 is 27.0 Å². The molecule has 4 nitrogen and oxygen atoms in total. The Morgan fingerprint density at radius 1 is 1.14 bits per heavy atom. The molecular weight excluding hydrogens is 304 g/mol. The summed E-state index contributed by atoms with van der Waals surface area (Å²) in [6, 6.07) is 7.33. The highest BCUT2D eigenvalue weighted by Gasteiger charge is 2.22. The van der Waals surface area contributed by atoms with Gasteiger partial charge in [-0.05, 0) is 43.5 Å². The van der Waals surface area contributed by atoms with E-state index in [4.69, 9.17) is 0 Å². The third kappa shape index (κ3) is 3.84. The number of hydrogen-bond donors (Lipinski definition) is 2. The Hall–Kier alpha value is -1.37. The summed E-state index contributed by atoms with van der Waals surface area (Å²) in [7, 11) is -3.55. The van der Waals surface area contributed by atoms with E-state index in [-0.39, 0.29) is 0 Å². The zero-order chi connectivity index (χ0) is 15.5. The van der Waals surface area contributed by atoms with Crippen LogP contribution in [0.2, 0.25) is 0 Å². The van der Waals surface area contributed by atoms with Crippen LogP contribution in [-0.2, 0) is 16.6 Å². The van der Waals surface area contributed by atoms with Crippen LogP contribution in [0.15, 0.2) is 34.5 Å². The smallest absolute Gasteiger partial charge is 0.263 e. The molecule has 0 radical (unpaired) electrons. The van der Waals surface area contributed by atoms with Crippen molar-refractivity contribution in [3.63, 3.8) is 0 Å². The summed E-state index contributed by atoms with van der Waals surface area (Å²) in [6.45, 7) is 7.17. The van der Waals surface area contributed by atoms with Crippen LogP contribution in [0, 0.1) is 13.8 Å². The molecule has 2 rings (SSSR count). The molecule has 0 unspecified atom stereocenters. The Kier molecular flexibility index (Phi) is 5.03. The van der Waals surface area contributed by atoms with Gasteiger partial charge in [0.25, 0.3) is 10.0 Å². The first-order valence-electron chi connectivity index (χ1n) is 6.81. The zero-order valence-corrected chi connectivity index (χ0v) is 14.1. The lowest BCUT2D eigenvalue weighted by atomic mass is 10.2. The minimum absolute atomic E-state index is 0.397. The number of hydrogen-bond acceptors (Lipinski definition) is 4. The molecule has 0 aliphatic rings. The summed E-state index contributed by atoms with van der Waals surface area (Å²) < 4.78 is 27.9. The molecule has 6 heteroatoms. The van der Waals surface area contributed by atoms with Gasteiger partial charge < -0.3 is 5.32 Å². The number of thiophene rings is 1. The van der Waals surface area contributed by atoms with Gasteiger partial charge in [-0.15, -0.1) is 11.3 Å². The van der Waals surface area contributed by atoms with Crippen molar-refractivity contribution in [3.05, 3.63) is 45.6 Å². The van der Waals surface area contributed by atoms with Crippen LogP contribution < -0.4 is 10.0 Å². The standard InChI is InChI=1S/C15H20N2O2S2/c1-4-16-9-14-15(12(3)10-20-14)21(18,19)17-13-7-5-11(2)6-8-13/h5-8,10,16-17H,4,9H2,1-3H3. The van der Waals surface area contributed by atoms with Crippen molar-refractivity contribution < 1.29 is 8.42 Å². The molecule has 1 heterocycles. The molecule has 0 bridgehead atoms. The molecule has 21 heavy (non-hydrogen) atoms. The van der Waals surface area contributed by atoms with E-state index in [2.05, 4.69) is 10.0 Å². The van der Waals surface area contributed by atoms with Crippen LogP contribution >= 0.6 is 11.3 Å². The first kappa shape index (κ1) is 16.0. The summed E-state index contributed by atoms with van der Waals surface area (Å²) in [5, 5.41) is 5.07. The monoisotopic (exact) mass is 324 g/mol. The van der Waals surface area contributed by atoms with E-state index in [0.29, 0.717) is 17.1 Å². The van der Waals surface area contributed by atoms with Crippen molar-refractivity contribution in [3.8, 4) is 0 Å². The molecule has 0 saturated heterocycles. The minimum atomic E-state index is -3.55. The van der Waals surface area contributed by atoms with Crippen LogP contribution in [0.3, 0.4) is 0 Å². The Balaban J connectivity index is 2.31. The van der Waals surface area contributed by atoms with E-state index in [1.54, 1.807) is 12.1 Å². The van der Waals surface area contributed by atoms with Gasteiger partial charge in [0.1, 0.15) is 4.90 Å². The molecule has 0 spiro atoms. The van der Waals surface area contributed by atoms with Crippen molar-refractivity contribution in [1.29, 1.82) is 0 Å². The highest BCUT2D eigenvalue weighted by Crippen LogP contribution is 2.28. The Labute approximate surface area is 130 Å². The number of benzene rings is 1. The molecule has 0 amide bonds. The van der Waals surface area contributed by atoms with Crippen molar-refractivity contribution in [2.45, 2.75) is 32.2 Å². The average Bonchev–Trinajstić information content (AvgIpc) is 2.81. The molecule has 1 aromatic heterocycles. The van der Waals surface area contributed by atoms with Gasteiger partial charge in [-0.3, -0.25) is 4.72 Å². The van der Waals surface area contributed by atoms with Crippen molar-refractivity contribution in [2.24, 2.45) is 0 Å². The van der Waals surface area contributed by atoms with Crippen LogP contribution in [0.25, 0.3) is 0 Å². The number of aryl methyl sites for hydroxylation is 2. The van der Waals surface area contributed by atoms with Crippen molar-refractivity contribution in [2.75, 3.05) is 11.3 Å². The van der Waals surface area contributed by atoms with Gasteiger partial charge in [0.05, 0.1) is 0 Å². The first-order chi connectivity index (χ1) is 9.94. The van der Waals surface area contributed by atoms with Gasteiger partial charge in [0.2, 0.25) is 0 Å². The normalized spacial score (nSPS) is 11.6. The lowest BCUT2D eigenvalue weighted by Crippen LogP contribution is -2.18. The van der Waals surface area contributed by atoms with Gasteiger partial charge in [-0.1, -0.05) is 24.6 Å². The summed E-state index contributed by atoms with van der Waals surface area (Å²) in [6.07, 6.45) is 0. The topological polar surface area (TPSA) is 58.2 Å². The number of rotatable bonds is 6. The number of anilines is 1. The van der Waals surface area contributed by atoms with Crippen molar-refractivity contribution in [1.82, 2.24) is 5.32 Å². The quantitative estimate of drug-likeness (QED) is 0.857. The number of nitrogens with one attached hydrogen (secondary N) is 2. The maximum atomic E-state index is 12.6. The fraction of sp³-hybridized carbons (Fsp3) is 0.333. The molecule has 0 aliphatic carbocycles. The van der Waals surface area contributed by atoms with E-state index in [0.717, 1.165) is 22.5 Å². The summed E-state index contributed by atoms with van der Waals surface area (Å²) >= 11 is 1.47. The Morgan fingerprint density at radius 3 is 2.43 bits per heavy atom. The third-order valence-electron chi connectivity index (χ3n) is 3.10. The summed E-state index contributed by atoms with van der Waals surface area (Å²) in [5.41, 5.74) is 2.46. The Bertz CT molecular complexity index is 704. The highest BCUT2D eigenvalue weighted by molar-refractivity contribution is 7.93. The minimum Gasteiger partial charge on any atom is -0.312 e. The molecular formula is C15H20N2O2S2. The largest absolute Gasteiger partial charge is 0.312 e. The maximum absolute atomic E-state index is 12.6. The molecule has 2 N–H and O–H groups in total. The fourth-order valence-electron chi connectivity index (χ4n) is 2.04. The number of sulfonamides is 1. The molecule has 2 aromatic rings. The lowest BCUT2D eigenvalue weighted by molar-refractivity contribution is 0.599. The van der Waals surface area contributed by atoms with Gasteiger partial charge in [0, 0.05) is 17.1 Å². The fourth-order valence-corrected chi connectivity index (χ4v) is 4.88. The zero-order valence-electron chi connectivity index (χ0n) is 12.4. The van der Waals surface area contributed by atoms with E-state index in [1.807, 2.05) is 38.3 Å². The molecule has 1 aromatic carbocycles. The van der Waals surface area contributed by atoms with E-state index >= 15 is 0 Å². The predicted octanol–water partition coefficient (Wildman–Crippen LogP) is 3.28. The van der Waals surface area contributed by atoms with Crippen LogP contribution in [0.4, 0.5) is 5.69 Å². The lowest BCUT2D eigenvalue weighted by Gasteiger charge is -2.10. The van der Waals surface area contributed by atoms with Crippen LogP contribution in [-0.4, -0.2) is 15.0 Å². The molecule has 0 atom stereocenters. The third-order valence-corrected chi connectivity index (χ3v) is 5.94. The average molecular weight is 324 g/mol. The van der Waals surface area contributed by atoms with E-state index in [9.17, 15) is 8.42 Å². The van der Waals surface area contributed by atoms with E-state index < -0.39 is 10.0 Å². The second-order valence-electron chi connectivity index (χ2n) is 4.92. The van der Waals surface area contributed by atoms with Gasteiger partial charge >= 0.3 is 0 Å². The van der Waals surface area contributed by atoms with Crippen LogP contribution in [0.1, 0.15) is 22.9 Å². The highest BCUT2D eigenvalue weighted by atomic mass is 32.2. The van der Waals surface area contributed by atoms with Gasteiger partial charge in [-0.25, -0.2) is 8.42 Å². The molecule has 0 saturated carbocycles. The molecule has 114 valence electrons. The second-order valence-corrected chi connectivity index (χ2v) is 7.51. The molecule has 0 fully saturated rings. The molecule has 0 aliphatic heterocycles. The van der Waals surface area contributed by atoms with Gasteiger partial charge in [-0.2, -0.15) is 0 Å². The van der Waals surface area contributed by atoms with Crippen LogP contribution in [0.5, 0.6) is 0 Å². The van der Waals surface area contributed by atoms with E-state index in [1.165, 1.54) is 11.3 Å². The van der Waals surface area contributed by atoms with Gasteiger partial charge in [0.15, 0.2) is 0 Å². The summed E-state index contributed by atoms with van der Waals surface area (Å²) in [4.78, 5) is 1.24. The summed E-state index contributed by atoms with van der Waals surface area (Å²) in [5.74, 6) is 0. The maximum Gasteiger partial charge on any atom is 0.263 e. The second kappa shape index (κ2) is 6.60.